The molecule has 1 aromatic carbocycles. The summed E-state index contributed by atoms with van der Waals surface area (Å²) >= 11 is 5.88. The zero-order valence-electron chi connectivity index (χ0n) is 15.0. The number of methoxy groups -OCH3 is 1. The highest BCUT2D eigenvalue weighted by Crippen LogP contribution is 2.09. The molecule has 0 amide bonds. The first-order chi connectivity index (χ1) is 11.7. The van der Waals surface area contributed by atoms with E-state index in [0.29, 0.717) is 6.42 Å². The number of nitrogens with zero attached hydrogens (tertiary/aromatic N) is 1. The number of ether oxygens (including phenoxy) is 1. The predicted molar refractivity (Wildman–Crippen MR) is 115 cm³/mol. The molecule has 0 unspecified atom stereocenters. The second-order valence-corrected chi connectivity index (χ2v) is 5.98. The van der Waals surface area contributed by atoms with Gasteiger partial charge in [-0.2, -0.15) is 0 Å². The lowest BCUT2D eigenvalue weighted by Crippen LogP contribution is -2.38. The molecule has 0 aliphatic heterocycles. The van der Waals surface area contributed by atoms with E-state index in [0.717, 1.165) is 56.2 Å². The molecule has 0 aliphatic carbocycles. The molecule has 0 saturated carbocycles. The summed E-state index contributed by atoms with van der Waals surface area (Å²) in [7, 11) is 3.20. The first-order valence-electron chi connectivity index (χ1n) is 8.41. The largest absolute Gasteiger partial charge is 0.469 e. The van der Waals surface area contributed by atoms with Crippen LogP contribution in [0.5, 0.6) is 0 Å². The van der Waals surface area contributed by atoms with Gasteiger partial charge >= 0.3 is 5.97 Å². The third-order valence-electron chi connectivity index (χ3n) is 3.67. The van der Waals surface area contributed by atoms with Crippen molar-refractivity contribution in [2.75, 3.05) is 27.2 Å². The molecule has 0 atom stereocenters. The monoisotopic (exact) mass is 481 g/mol. The number of benzene rings is 1. The number of unbranched alkanes of at least 4 members (excludes halogenated alkanes) is 3. The van der Waals surface area contributed by atoms with Crippen molar-refractivity contribution in [1.29, 1.82) is 0 Å². The number of hydrogen-bond acceptors (Lipinski definition) is 3. The van der Waals surface area contributed by atoms with Crippen molar-refractivity contribution < 1.29 is 9.53 Å². The molecule has 25 heavy (non-hydrogen) atoms. The van der Waals surface area contributed by atoms with E-state index in [9.17, 15) is 4.79 Å². The first-order valence-corrected chi connectivity index (χ1v) is 8.79. The Morgan fingerprint density at radius 2 is 1.72 bits per heavy atom. The number of halogens is 2. The van der Waals surface area contributed by atoms with E-state index < -0.39 is 0 Å². The Balaban J connectivity index is 0.00000576. The SMILES string of the molecule is CN=C(NCCCCCCC(=O)OC)NCCc1ccc(Cl)cc1.I. The summed E-state index contributed by atoms with van der Waals surface area (Å²) in [6, 6.07) is 7.89. The molecular formula is C18H29ClIN3O2. The molecule has 5 nitrogen and oxygen atoms in total. The molecule has 7 heteroatoms. The average molecular weight is 482 g/mol. The van der Waals surface area contributed by atoms with Gasteiger partial charge in [0.1, 0.15) is 0 Å². The van der Waals surface area contributed by atoms with E-state index in [1.807, 2.05) is 24.3 Å². The quantitative estimate of drug-likeness (QED) is 0.175. The Morgan fingerprint density at radius 1 is 1.08 bits per heavy atom. The maximum atomic E-state index is 11.0. The number of esters is 1. The fourth-order valence-electron chi connectivity index (χ4n) is 2.25. The fraction of sp³-hybridized carbons (Fsp3) is 0.556. The third-order valence-corrected chi connectivity index (χ3v) is 3.92. The molecule has 0 bridgehead atoms. The van der Waals surface area contributed by atoms with E-state index in [-0.39, 0.29) is 29.9 Å². The van der Waals surface area contributed by atoms with Crippen LogP contribution in [0.2, 0.25) is 5.02 Å². The average Bonchev–Trinajstić information content (AvgIpc) is 2.60. The zero-order chi connectivity index (χ0) is 17.6. The number of carbonyl (C=O) groups excluding carboxylic acids is 1. The van der Waals surface area contributed by atoms with Crippen LogP contribution in [-0.2, 0) is 16.0 Å². The van der Waals surface area contributed by atoms with Crippen molar-refractivity contribution in [3.05, 3.63) is 34.9 Å². The summed E-state index contributed by atoms with van der Waals surface area (Å²) in [4.78, 5) is 15.2. The molecule has 1 rings (SSSR count). The maximum Gasteiger partial charge on any atom is 0.305 e. The van der Waals surface area contributed by atoms with Gasteiger partial charge in [-0.3, -0.25) is 9.79 Å². The Kier molecular flexibility index (Phi) is 14.6. The van der Waals surface area contributed by atoms with Crippen LogP contribution in [0, 0.1) is 0 Å². The molecule has 142 valence electrons. The van der Waals surface area contributed by atoms with Gasteiger partial charge in [-0.05, 0) is 37.0 Å². The summed E-state index contributed by atoms with van der Waals surface area (Å²) in [6.07, 6.45) is 5.51. The number of nitrogens with one attached hydrogen (secondary N) is 2. The van der Waals surface area contributed by atoms with Crippen molar-refractivity contribution in [3.8, 4) is 0 Å². The molecule has 0 aromatic heterocycles. The first kappa shape index (κ1) is 24.0. The lowest BCUT2D eigenvalue weighted by atomic mass is 10.1. The molecule has 0 saturated heterocycles. The third kappa shape index (κ3) is 12.0. The highest BCUT2D eigenvalue weighted by Gasteiger charge is 2.00. The van der Waals surface area contributed by atoms with E-state index in [4.69, 9.17) is 11.6 Å². The highest BCUT2D eigenvalue weighted by atomic mass is 127. The minimum atomic E-state index is -0.126. The fourth-order valence-corrected chi connectivity index (χ4v) is 2.38. The van der Waals surface area contributed by atoms with Crippen LogP contribution < -0.4 is 10.6 Å². The van der Waals surface area contributed by atoms with Crippen LogP contribution in [-0.4, -0.2) is 39.2 Å². The van der Waals surface area contributed by atoms with Crippen LogP contribution in [0.3, 0.4) is 0 Å². The van der Waals surface area contributed by atoms with Crippen LogP contribution >= 0.6 is 35.6 Å². The van der Waals surface area contributed by atoms with E-state index >= 15 is 0 Å². The van der Waals surface area contributed by atoms with E-state index in [1.54, 1.807) is 7.05 Å². The lowest BCUT2D eigenvalue weighted by Gasteiger charge is -2.12. The highest BCUT2D eigenvalue weighted by molar-refractivity contribution is 14.0. The van der Waals surface area contributed by atoms with Gasteiger partial charge in [0.2, 0.25) is 0 Å². The number of hydrogen-bond donors (Lipinski definition) is 2. The van der Waals surface area contributed by atoms with Crippen LogP contribution in [0.4, 0.5) is 0 Å². The smallest absolute Gasteiger partial charge is 0.305 e. The van der Waals surface area contributed by atoms with E-state index in [2.05, 4.69) is 20.4 Å². The van der Waals surface area contributed by atoms with Crippen molar-refractivity contribution >= 4 is 47.5 Å². The Bertz CT molecular complexity index is 510. The molecule has 2 N–H and O–H groups in total. The van der Waals surface area contributed by atoms with Gasteiger partial charge < -0.3 is 15.4 Å². The lowest BCUT2D eigenvalue weighted by molar-refractivity contribution is -0.140. The maximum absolute atomic E-state index is 11.0. The van der Waals surface area contributed by atoms with Crippen molar-refractivity contribution in [3.63, 3.8) is 0 Å². The summed E-state index contributed by atoms with van der Waals surface area (Å²) in [5.74, 6) is 0.692. The van der Waals surface area contributed by atoms with Gasteiger partial charge in [-0.25, -0.2) is 0 Å². The topological polar surface area (TPSA) is 62.7 Å². The summed E-state index contributed by atoms with van der Waals surface area (Å²) in [5.41, 5.74) is 1.24. The second kappa shape index (κ2) is 15.3. The molecule has 0 radical (unpaired) electrons. The summed E-state index contributed by atoms with van der Waals surface area (Å²) in [6.45, 7) is 1.69. The van der Waals surface area contributed by atoms with Crippen LogP contribution in [0.15, 0.2) is 29.3 Å². The molecule has 0 spiro atoms. The molecule has 0 heterocycles. The summed E-state index contributed by atoms with van der Waals surface area (Å²) < 4.78 is 4.62. The standard InChI is InChI=1S/C18H28ClN3O2.HI/c1-20-18(21-13-6-4-3-5-7-17(23)24-2)22-14-12-15-8-10-16(19)11-9-15;/h8-11H,3-7,12-14H2,1-2H3,(H2,20,21,22);1H. The van der Waals surface area contributed by atoms with Crippen LogP contribution in [0.25, 0.3) is 0 Å². The summed E-state index contributed by atoms with van der Waals surface area (Å²) in [5, 5.41) is 7.36. The Hall–Kier alpha value is -1.02. The molecule has 1 aromatic rings. The minimum Gasteiger partial charge on any atom is -0.469 e. The second-order valence-electron chi connectivity index (χ2n) is 5.54. The van der Waals surface area contributed by atoms with Gasteiger partial charge in [0.05, 0.1) is 7.11 Å². The van der Waals surface area contributed by atoms with Crippen molar-refractivity contribution in [2.45, 2.75) is 38.5 Å². The number of aliphatic imine (C=N–C) groups is 1. The number of guanidine groups is 1. The van der Waals surface area contributed by atoms with Gasteiger partial charge in [-0.15, -0.1) is 24.0 Å². The van der Waals surface area contributed by atoms with Crippen LogP contribution in [0.1, 0.15) is 37.7 Å². The molecule has 0 aliphatic rings. The van der Waals surface area contributed by atoms with Gasteiger partial charge in [0.25, 0.3) is 0 Å². The Labute approximate surface area is 173 Å². The zero-order valence-corrected chi connectivity index (χ0v) is 18.1. The van der Waals surface area contributed by atoms with Crippen molar-refractivity contribution in [1.82, 2.24) is 10.6 Å². The normalized spacial score (nSPS) is 10.8. The van der Waals surface area contributed by atoms with Gasteiger partial charge in [0.15, 0.2) is 5.96 Å². The molecule has 0 fully saturated rings. The van der Waals surface area contributed by atoms with Crippen molar-refractivity contribution in [2.24, 2.45) is 4.99 Å². The van der Waals surface area contributed by atoms with E-state index in [1.165, 1.54) is 12.7 Å². The Morgan fingerprint density at radius 3 is 2.36 bits per heavy atom. The minimum absolute atomic E-state index is 0. The van der Waals surface area contributed by atoms with Gasteiger partial charge in [-0.1, -0.05) is 36.6 Å². The van der Waals surface area contributed by atoms with Gasteiger partial charge in [0, 0.05) is 31.6 Å². The number of rotatable bonds is 10. The predicted octanol–water partition coefficient (Wildman–Crippen LogP) is 3.79. The molecular weight excluding hydrogens is 453 g/mol. The number of carbonyl (C=O) groups is 1.